The van der Waals surface area contributed by atoms with Crippen molar-refractivity contribution in [2.45, 2.75) is 13.8 Å². The zero-order valence-corrected chi connectivity index (χ0v) is 14.4. The lowest BCUT2D eigenvalue weighted by molar-refractivity contribution is -0.304. The van der Waals surface area contributed by atoms with Crippen LogP contribution >= 0.6 is 21.6 Å². The van der Waals surface area contributed by atoms with Crippen molar-refractivity contribution < 1.29 is 4.10 Å². The summed E-state index contributed by atoms with van der Waals surface area (Å²) < 4.78 is 12.3. The monoisotopic (exact) mass is 270 g/mol. The molecule has 0 aliphatic carbocycles. The highest BCUT2D eigenvalue weighted by Gasteiger charge is 2.31. The molecule has 15 heavy (non-hydrogen) atoms. The highest BCUT2D eigenvalue weighted by molar-refractivity contribution is 7.82. The second kappa shape index (κ2) is 4.91. The smallest absolute Gasteiger partial charge is 0.202 e. The van der Waals surface area contributed by atoms with Gasteiger partial charge in [-0.25, -0.2) is 13.1 Å². The molecule has 1 aliphatic heterocycles. The van der Waals surface area contributed by atoms with E-state index in [0.717, 1.165) is 0 Å². The molecule has 0 saturated carbocycles. The van der Waals surface area contributed by atoms with Crippen LogP contribution in [0.4, 0.5) is 0 Å². The minimum atomic E-state index is -1.31. The number of nitrogens with zero attached hydrogens (tertiary/aromatic N) is 3. The molecule has 0 N–H and O–H groups in total. The van der Waals surface area contributed by atoms with Crippen LogP contribution < -0.4 is 0 Å². The first-order valence-corrected chi connectivity index (χ1v) is 13.1. The Morgan fingerprint density at radius 3 is 1.53 bits per heavy atom. The fourth-order valence-electron chi connectivity index (χ4n) is 1.74. The molecule has 0 aromatic rings. The normalized spacial score (nSPS) is 25.5. The van der Waals surface area contributed by atoms with Crippen LogP contribution in [0.5, 0.6) is 0 Å². The van der Waals surface area contributed by atoms with Gasteiger partial charge in [-0.3, -0.25) is 0 Å². The number of rotatable bonds is 0. The van der Waals surface area contributed by atoms with Crippen molar-refractivity contribution in [2.75, 3.05) is 47.0 Å². The van der Waals surface area contributed by atoms with E-state index in [1.54, 1.807) is 0 Å². The SMILES string of the molecule is CC.C[N+]1=P(C)(C)N=P(C)(C)N=P1(C)C. The maximum absolute atomic E-state index is 4.93. The Balaban J connectivity index is 0.000000921. The van der Waals surface area contributed by atoms with Gasteiger partial charge in [0.15, 0.2) is 0 Å². The fourth-order valence-corrected chi connectivity index (χ4v) is 16.6. The van der Waals surface area contributed by atoms with E-state index in [9.17, 15) is 0 Å². The molecule has 1 rings (SSSR count). The molecule has 1 aliphatic rings. The predicted octanol–water partition coefficient (Wildman–Crippen LogP) is 4.80. The molecule has 0 saturated heterocycles. The standard InChI is InChI=1S/C7H21N3P3.C2H6/c1-10-12(4,5)8-11(2,3)9-13(10,6)7;1-2/h1-7H3;1-2H3/q+1;. The van der Waals surface area contributed by atoms with E-state index in [1.165, 1.54) is 0 Å². The van der Waals surface area contributed by atoms with Crippen molar-refractivity contribution in [3.8, 4) is 0 Å². The summed E-state index contributed by atoms with van der Waals surface area (Å²) in [5.74, 6) is 0. The molecule has 0 unspecified atom stereocenters. The Kier molecular flexibility index (Phi) is 5.13. The third kappa shape index (κ3) is 3.88. The van der Waals surface area contributed by atoms with Crippen LogP contribution in [0, 0.1) is 0 Å². The third-order valence-corrected chi connectivity index (χ3v) is 14.8. The van der Waals surface area contributed by atoms with Gasteiger partial charge in [-0.05, 0) is 13.3 Å². The molecule has 0 aromatic carbocycles. The van der Waals surface area contributed by atoms with Gasteiger partial charge in [0.2, 0.25) is 14.4 Å². The van der Waals surface area contributed by atoms with E-state index in [0.29, 0.717) is 0 Å². The molecular weight excluding hydrogens is 243 g/mol. The molecule has 0 amide bonds. The Bertz CT molecular complexity index is 383. The summed E-state index contributed by atoms with van der Waals surface area (Å²) in [6.45, 7) is 17.6. The van der Waals surface area contributed by atoms with Crippen LogP contribution in [0.25, 0.3) is 0 Å². The first-order valence-electron chi connectivity index (χ1n) is 5.33. The summed E-state index contributed by atoms with van der Waals surface area (Å²) in [5, 5.41) is 0. The Morgan fingerprint density at radius 2 is 1.20 bits per heavy atom. The number of hydrogen-bond acceptors (Lipinski definition) is 2. The fraction of sp³-hybridized carbons (Fsp3) is 1.00. The van der Waals surface area contributed by atoms with Crippen LogP contribution in [0.15, 0.2) is 9.03 Å². The summed E-state index contributed by atoms with van der Waals surface area (Å²) >= 11 is 0. The van der Waals surface area contributed by atoms with Gasteiger partial charge in [0.1, 0.15) is 7.05 Å². The Hall–Kier alpha value is 0.690. The molecule has 3 nitrogen and oxygen atoms in total. The number of hydrogen-bond donors (Lipinski definition) is 0. The van der Waals surface area contributed by atoms with Crippen LogP contribution in [-0.2, 0) is 0 Å². The highest BCUT2D eigenvalue weighted by atomic mass is 31.2. The average Bonchev–Trinajstić information content (AvgIpc) is 2.00. The molecule has 0 bridgehead atoms. The topological polar surface area (TPSA) is 27.7 Å². The van der Waals surface area contributed by atoms with Crippen LogP contribution in [-0.4, -0.2) is 51.1 Å². The largest absolute Gasteiger partial charge is 0.221 e. The summed E-state index contributed by atoms with van der Waals surface area (Å²) in [7, 11) is -1.54. The van der Waals surface area contributed by atoms with Crippen LogP contribution in [0.1, 0.15) is 13.8 Å². The average molecular weight is 270 g/mol. The van der Waals surface area contributed by atoms with E-state index in [4.69, 9.17) is 9.03 Å². The molecule has 0 radical (unpaired) electrons. The third-order valence-electron chi connectivity index (χ3n) is 2.29. The lowest BCUT2D eigenvalue weighted by atomic mass is 11.0. The Labute approximate surface area is 96.0 Å². The second-order valence-electron chi connectivity index (χ2n) is 4.68. The summed E-state index contributed by atoms with van der Waals surface area (Å²) in [5.41, 5.74) is 0. The van der Waals surface area contributed by atoms with Gasteiger partial charge < -0.3 is 0 Å². The van der Waals surface area contributed by atoms with Gasteiger partial charge in [0.25, 0.3) is 0 Å². The van der Waals surface area contributed by atoms with Gasteiger partial charge in [-0.1, -0.05) is 13.8 Å². The van der Waals surface area contributed by atoms with Crippen LogP contribution in [0.2, 0.25) is 0 Å². The molecule has 1 heterocycles. The zero-order chi connectivity index (χ0) is 12.5. The van der Waals surface area contributed by atoms with Crippen LogP contribution in [0.3, 0.4) is 0 Å². The van der Waals surface area contributed by atoms with E-state index in [1.807, 2.05) is 13.8 Å². The highest BCUT2D eigenvalue weighted by Crippen LogP contribution is 2.70. The van der Waals surface area contributed by atoms with E-state index < -0.39 is 21.6 Å². The van der Waals surface area contributed by atoms with Gasteiger partial charge in [-0.15, -0.1) is 0 Å². The maximum Gasteiger partial charge on any atom is 0.202 e. The van der Waals surface area contributed by atoms with E-state index >= 15 is 0 Å². The van der Waals surface area contributed by atoms with Gasteiger partial charge in [-0.2, -0.15) is 0 Å². The Morgan fingerprint density at radius 1 is 0.800 bits per heavy atom. The molecule has 92 valence electrons. The molecular formula is C9H27N3P3+. The van der Waals surface area contributed by atoms with Gasteiger partial charge >= 0.3 is 0 Å². The summed E-state index contributed by atoms with van der Waals surface area (Å²) in [6.07, 6.45) is 0. The summed E-state index contributed by atoms with van der Waals surface area (Å²) in [4.78, 5) is 0. The predicted molar refractivity (Wildman–Crippen MR) is 78.7 cm³/mol. The second-order valence-corrected chi connectivity index (χ2v) is 15.6. The van der Waals surface area contributed by atoms with Crippen molar-refractivity contribution in [3.05, 3.63) is 0 Å². The molecule has 0 spiro atoms. The van der Waals surface area contributed by atoms with E-state index in [-0.39, 0.29) is 0 Å². The quantitative estimate of drug-likeness (QED) is 0.566. The zero-order valence-electron chi connectivity index (χ0n) is 11.7. The van der Waals surface area contributed by atoms with Crippen molar-refractivity contribution in [1.82, 2.24) is 0 Å². The van der Waals surface area contributed by atoms with Crippen molar-refractivity contribution >= 4 is 21.6 Å². The lowest BCUT2D eigenvalue weighted by Gasteiger charge is -2.26. The minimum Gasteiger partial charge on any atom is -0.221 e. The maximum atomic E-state index is 4.93. The molecule has 0 atom stereocenters. The van der Waals surface area contributed by atoms with Gasteiger partial charge in [0, 0.05) is 26.7 Å². The van der Waals surface area contributed by atoms with E-state index in [2.05, 4.69) is 51.1 Å². The lowest BCUT2D eigenvalue weighted by Crippen LogP contribution is -2.03. The van der Waals surface area contributed by atoms with Crippen molar-refractivity contribution in [3.63, 3.8) is 0 Å². The first-order chi connectivity index (χ1) is 6.57. The van der Waals surface area contributed by atoms with Gasteiger partial charge in [0.05, 0.1) is 7.21 Å². The minimum absolute atomic E-state index is 1.21. The first kappa shape index (κ1) is 15.7. The van der Waals surface area contributed by atoms with Crippen molar-refractivity contribution in [2.24, 2.45) is 9.03 Å². The summed E-state index contributed by atoms with van der Waals surface area (Å²) in [6, 6.07) is 0. The molecule has 6 heteroatoms. The van der Waals surface area contributed by atoms with Crippen molar-refractivity contribution in [1.29, 1.82) is 0 Å². The molecule has 0 fully saturated rings. The molecule has 0 aromatic heterocycles.